The van der Waals surface area contributed by atoms with Gasteiger partial charge >= 0.3 is 5.97 Å². The highest BCUT2D eigenvalue weighted by molar-refractivity contribution is 6.31. The Morgan fingerprint density at radius 1 is 1.05 bits per heavy atom. The summed E-state index contributed by atoms with van der Waals surface area (Å²) in [5.41, 5.74) is 3.30. The molecule has 3 aromatic rings. The lowest BCUT2D eigenvalue weighted by molar-refractivity contribution is -0.153. The number of carboxylic acid groups (broad SMARTS) is 1. The third-order valence-corrected chi connectivity index (χ3v) is 8.38. The summed E-state index contributed by atoms with van der Waals surface area (Å²) < 4.78 is 11.6. The van der Waals surface area contributed by atoms with Crippen LogP contribution in [-0.2, 0) is 22.5 Å². The van der Waals surface area contributed by atoms with Gasteiger partial charge in [-0.05, 0) is 80.1 Å². The number of halogens is 1. The van der Waals surface area contributed by atoms with Gasteiger partial charge in [-0.25, -0.2) is 4.99 Å². The maximum Gasteiger partial charge on any atom is 0.309 e. The molecule has 0 saturated carbocycles. The molecule has 0 amide bonds. The van der Waals surface area contributed by atoms with E-state index in [9.17, 15) is 9.90 Å². The molecule has 0 bridgehead atoms. The largest absolute Gasteiger partial charge is 0.494 e. The number of rotatable bonds is 11. The van der Waals surface area contributed by atoms with Gasteiger partial charge in [0.05, 0.1) is 12.0 Å². The van der Waals surface area contributed by atoms with Gasteiger partial charge < -0.3 is 14.6 Å². The van der Waals surface area contributed by atoms with E-state index >= 15 is 0 Å². The molecule has 0 aliphatic carbocycles. The summed E-state index contributed by atoms with van der Waals surface area (Å²) in [5, 5.41) is 10.8. The molecule has 2 heterocycles. The van der Waals surface area contributed by atoms with Gasteiger partial charge in [0.15, 0.2) is 12.6 Å². The number of likely N-dealkylation sites (tertiary alicyclic amines) is 1. The molecule has 1 saturated heterocycles. The van der Waals surface area contributed by atoms with Crippen molar-refractivity contribution in [2.75, 3.05) is 26.4 Å². The maximum atomic E-state index is 12.2. The Kier molecular flexibility index (Phi) is 9.60. The maximum absolute atomic E-state index is 12.2. The normalized spacial score (nSPS) is 16.9. The lowest BCUT2D eigenvalue weighted by Crippen LogP contribution is -2.44. The molecule has 220 valence electrons. The number of benzene rings is 3. The first kappa shape index (κ1) is 29.8. The smallest absolute Gasteiger partial charge is 0.309 e. The summed E-state index contributed by atoms with van der Waals surface area (Å²) in [6, 6.07) is 23.8. The molecule has 0 aromatic heterocycles. The Balaban J connectivity index is 1.16. The minimum atomic E-state index is -0.745. The molecule has 0 radical (unpaired) electrons. The van der Waals surface area contributed by atoms with Crippen LogP contribution in [0.2, 0.25) is 5.02 Å². The minimum absolute atomic E-state index is 0.205. The highest BCUT2D eigenvalue weighted by atomic mass is 35.5. The molecule has 0 atom stereocenters. The summed E-state index contributed by atoms with van der Waals surface area (Å²) in [6.07, 6.45) is 2.64. The summed E-state index contributed by atoms with van der Waals surface area (Å²) in [6.45, 7) is 7.18. The van der Waals surface area contributed by atoms with Crippen LogP contribution in [0.3, 0.4) is 0 Å². The van der Waals surface area contributed by atoms with Crippen LogP contribution in [0.5, 0.6) is 5.75 Å². The topological polar surface area (TPSA) is 83.7 Å². The summed E-state index contributed by atoms with van der Waals surface area (Å²) in [4.78, 5) is 23.7. The lowest BCUT2D eigenvalue weighted by atomic mass is 9.76. The first-order valence-corrected chi connectivity index (χ1v) is 15.0. The number of amidine groups is 1. The number of hydrogen-bond acceptors (Lipinski definition) is 6. The van der Waals surface area contributed by atoms with Crippen LogP contribution in [0.25, 0.3) is 0 Å². The molecule has 8 heteroatoms. The zero-order chi connectivity index (χ0) is 29.5. The molecule has 5 rings (SSSR count). The van der Waals surface area contributed by atoms with Crippen molar-refractivity contribution in [1.29, 1.82) is 0 Å². The van der Waals surface area contributed by atoms with Gasteiger partial charge in [-0.1, -0.05) is 74.0 Å². The lowest BCUT2D eigenvalue weighted by Gasteiger charge is -2.39. The Morgan fingerprint density at radius 2 is 1.76 bits per heavy atom. The van der Waals surface area contributed by atoms with Crippen LogP contribution >= 0.6 is 11.6 Å². The van der Waals surface area contributed by atoms with E-state index in [1.54, 1.807) is 0 Å². The first-order chi connectivity index (χ1) is 20.3. The molecule has 7 nitrogen and oxygen atoms in total. The number of ether oxygens (including phenoxy) is 2. The number of nitrogens with zero attached hydrogens (tertiary/aromatic N) is 3. The second-order valence-corrected chi connectivity index (χ2v) is 12.0. The van der Waals surface area contributed by atoms with Crippen molar-refractivity contribution in [3.8, 4) is 5.75 Å². The van der Waals surface area contributed by atoms with Gasteiger partial charge in [0, 0.05) is 22.7 Å². The Labute approximate surface area is 252 Å². The van der Waals surface area contributed by atoms with Gasteiger partial charge in [0.2, 0.25) is 5.90 Å². The molecule has 0 unspecified atom stereocenters. The fraction of sp³-hybridized carbons (Fsp3) is 0.382. The number of hydrogen-bond donors (Lipinski definition) is 1. The number of aliphatic imine (C=N–C) groups is 2. The van der Waals surface area contributed by atoms with Gasteiger partial charge in [0.25, 0.3) is 0 Å². The fourth-order valence-corrected chi connectivity index (χ4v) is 5.77. The van der Waals surface area contributed by atoms with Crippen molar-refractivity contribution in [2.24, 2.45) is 21.3 Å². The van der Waals surface area contributed by atoms with Gasteiger partial charge in [-0.2, -0.15) is 4.99 Å². The summed E-state index contributed by atoms with van der Waals surface area (Å²) in [5.74, 6) is 1.72. The molecule has 0 spiro atoms. The van der Waals surface area contributed by atoms with E-state index in [1.165, 1.54) is 5.56 Å². The van der Waals surface area contributed by atoms with Crippen LogP contribution in [0.1, 0.15) is 55.4 Å². The average molecular weight is 588 g/mol. The van der Waals surface area contributed by atoms with E-state index in [0.717, 1.165) is 53.5 Å². The number of aliphatic carboxylic acids is 1. The molecule has 42 heavy (non-hydrogen) atoms. The van der Waals surface area contributed by atoms with Crippen LogP contribution in [0, 0.1) is 11.3 Å². The predicted octanol–water partition coefficient (Wildman–Crippen LogP) is 6.86. The van der Waals surface area contributed by atoms with Crippen LogP contribution < -0.4 is 4.74 Å². The predicted molar refractivity (Wildman–Crippen MR) is 167 cm³/mol. The third-order valence-electron chi connectivity index (χ3n) is 8.03. The van der Waals surface area contributed by atoms with Gasteiger partial charge in [-0.15, -0.1) is 0 Å². The SMILES string of the molecule is CC(C)Cc1ccc(C2=NC(c3ccc(CN4CCC(CCOc5ccccc5)(C(=O)O)CC4)cc3)=NCO2)cc1Cl. The molecule has 1 fully saturated rings. The van der Waals surface area contributed by atoms with Crippen LogP contribution in [0.4, 0.5) is 0 Å². The molecule has 1 N–H and O–H groups in total. The monoisotopic (exact) mass is 587 g/mol. The standard InChI is InChI=1S/C34H38ClN3O4/c1-24(2)20-27-12-13-28(21-30(27)35)32-37-31(36-23-42-32)26-10-8-25(9-11-26)22-38-17-14-34(15-18-38,33(39)40)16-19-41-29-6-4-3-5-7-29/h3-13,21,24H,14-20,22-23H2,1-2H3,(H,39,40). The Hall–Kier alpha value is -3.68. The molecule has 3 aromatic carbocycles. The van der Waals surface area contributed by atoms with E-state index in [4.69, 9.17) is 21.1 Å². The van der Waals surface area contributed by atoms with Crippen molar-refractivity contribution >= 4 is 29.3 Å². The van der Waals surface area contributed by atoms with Crippen molar-refractivity contribution in [1.82, 2.24) is 4.90 Å². The molecule has 2 aliphatic rings. The zero-order valence-corrected chi connectivity index (χ0v) is 25.0. The Bertz CT molecular complexity index is 1430. The second kappa shape index (κ2) is 13.5. The first-order valence-electron chi connectivity index (χ1n) is 14.6. The minimum Gasteiger partial charge on any atom is -0.494 e. The number of carboxylic acids is 1. The summed E-state index contributed by atoms with van der Waals surface area (Å²) in [7, 11) is 0. The fourth-order valence-electron chi connectivity index (χ4n) is 5.52. The van der Waals surface area contributed by atoms with E-state index in [-0.39, 0.29) is 6.73 Å². The highest BCUT2D eigenvalue weighted by Gasteiger charge is 2.41. The van der Waals surface area contributed by atoms with Crippen molar-refractivity contribution in [3.05, 3.63) is 100 Å². The Morgan fingerprint density at radius 3 is 2.43 bits per heavy atom. The highest BCUT2D eigenvalue weighted by Crippen LogP contribution is 2.36. The van der Waals surface area contributed by atoms with E-state index < -0.39 is 11.4 Å². The summed E-state index contributed by atoms with van der Waals surface area (Å²) >= 11 is 6.54. The van der Waals surface area contributed by atoms with Gasteiger partial charge in [-0.3, -0.25) is 9.69 Å². The van der Waals surface area contributed by atoms with E-state index in [0.29, 0.717) is 43.5 Å². The second-order valence-electron chi connectivity index (χ2n) is 11.5. The third kappa shape index (κ3) is 7.39. The quantitative estimate of drug-likeness (QED) is 0.265. The molecular formula is C34H38ClN3O4. The van der Waals surface area contributed by atoms with Crippen molar-refractivity contribution in [3.63, 3.8) is 0 Å². The number of piperidine rings is 1. The van der Waals surface area contributed by atoms with Crippen LogP contribution in [-0.4, -0.2) is 54.1 Å². The zero-order valence-electron chi connectivity index (χ0n) is 24.3. The van der Waals surface area contributed by atoms with Gasteiger partial charge in [0.1, 0.15) is 5.75 Å². The molecule has 2 aliphatic heterocycles. The number of para-hydroxylation sites is 1. The number of carbonyl (C=O) groups is 1. The molecular weight excluding hydrogens is 550 g/mol. The van der Waals surface area contributed by atoms with Crippen molar-refractivity contribution < 1.29 is 19.4 Å². The average Bonchev–Trinajstić information content (AvgIpc) is 3.00. The van der Waals surface area contributed by atoms with Crippen LogP contribution in [0.15, 0.2) is 82.8 Å². The van der Waals surface area contributed by atoms with E-state index in [2.05, 4.69) is 40.9 Å². The van der Waals surface area contributed by atoms with E-state index in [1.807, 2.05) is 60.7 Å². The van der Waals surface area contributed by atoms with Crippen molar-refractivity contribution in [2.45, 2.75) is 46.1 Å².